The summed E-state index contributed by atoms with van der Waals surface area (Å²) in [6.07, 6.45) is 6.33. The minimum Gasteiger partial charge on any atom is -0.352 e. The van der Waals surface area contributed by atoms with Gasteiger partial charge in [-0.15, -0.1) is 0 Å². The summed E-state index contributed by atoms with van der Waals surface area (Å²) in [4.78, 5) is 11.4. The monoisotopic (exact) mass is 234 g/mol. The number of aromatic nitrogens is 2. The smallest absolute Gasteiger partial charge is 0.147 e. The van der Waals surface area contributed by atoms with Gasteiger partial charge in [0, 0.05) is 19.1 Å². The highest BCUT2D eigenvalue weighted by atomic mass is 15.2. The van der Waals surface area contributed by atoms with Gasteiger partial charge in [0.25, 0.3) is 0 Å². The zero-order valence-corrected chi connectivity index (χ0v) is 11.0. The highest BCUT2D eigenvalue weighted by Crippen LogP contribution is 2.27. The van der Waals surface area contributed by atoms with Crippen molar-refractivity contribution in [2.75, 3.05) is 18.5 Å². The molecule has 0 aromatic carbocycles. The number of anilines is 1. The molecule has 0 aliphatic carbocycles. The fraction of sp³-hybridized carbons (Fsp3) is 0.692. The highest BCUT2D eigenvalue weighted by Gasteiger charge is 2.27. The minimum absolute atomic E-state index is 0.624. The Kier molecular flexibility index (Phi) is 3.94. The summed E-state index contributed by atoms with van der Waals surface area (Å²) in [6.45, 7) is 6.46. The van der Waals surface area contributed by atoms with Crippen LogP contribution in [0, 0.1) is 5.92 Å². The molecule has 94 valence electrons. The summed E-state index contributed by atoms with van der Waals surface area (Å²) in [5, 5.41) is 3.08. The molecule has 0 amide bonds. The Labute approximate surface area is 103 Å². The third-order valence-electron chi connectivity index (χ3n) is 3.41. The lowest BCUT2D eigenvalue weighted by Crippen LogP contribution is -2.34. The van der Waals surface area contributed by atoms with Gasteiger partial charge in [-0.05, 0) is 25.8 Å². The van der Waals surface area contributed by atoms with Crippen LogP contribution in [0.15, 0.2) is 12.4 Å². The van der Waals surface area contributed by atoms with E-state index in [0.29, 0.717) is 12.0 Å². The summed E-state index contributed by atoms with van der Waals surface area (Å²) < 4.78 is 0. The SMILES string of the molecule is CNCc1cnc(N2CCCC2C(C)C)cn1. The molecule has 0 saturated carbocycles. The van der Waals surface area contributed by atoms with E-state index in [2.05, 4.69) is 34.0 Å². The molecule has 0 bridgehead atoms. The van der Waals surface area contributed by atoms with E-state index in [9.17, 15) is 0 Å². The van der Waals surface area contributed by atoms with E-state index in [1.54, 1.807) is 0 Å². The second-order valence-corrected chi connectivity index (χ2v) is 5.04. The normalized spacial score (nSPS) is 20.2. The Morgan fingerprint density at radius 2 is 2.24 bits per heavy atom. The van der Waals surface area contributed by atoms with Crippen LogP contribution < -0.4 is 10.2 Å². The lowest BCUT2D eigenvalue weighted by atomic mass is 10.0. The van der Waals surface area contributed by atoms with Crippen LogP contribution in [-0.4, -0.2) is 29.6 Å². The number of nitrogens with one attached hydrogen (secondary N) is 1. The predicted molar refractivity (Wildman–Crippen MR) is 70.0 cm³/mol. The quantitative estimate of drug-likeness (QED) is 0.863. The zero-order valence-electron chi connectivity index (χ0n) is 11.0. The van der Waals surface area contributed by atoms with E-state index in [0.717, 1.165) is 24.6 Å². The first-order chi connectivity index (χ1) is 8.22. The summed E-state index contributed by atoms with van der Waals surface area (Å²) in [7, 11) is 1.92. The van der Waals surface area contributed by atoms with E-state index >= 15 is 0 Å². The third-order valence-corrected chi connectivity index (χ3v) is 3.41. The molecule has 1 aliphatic heterocycles. The summed E-state index contributed by atoms with van der Waals surface area (Å²) in [5.41, 5.74) is 0.997. The first-order valence-electron chi connectivity index (χ1n) is 6.44. The first-order valence-corrected chi connectivity index (χ1v) is 6.44. The van der Waals surface area contributed by atoms with Crippen LogP contribution in [0.4, 0.5) is 5.82 Å². The van der Waals surface area contributed by atoms with Crippen LogP contribution in [0.5, 0.6) is 0 Å². The van der Waals surface area contributed by atoms with Gasteiger partial charge in [-0.3, -0.25) is 4.98 Å². The molecule has 1 saturated heterocycles. The van der Waals surface area contributed by atoms with Gasteiger partial charge in [-0.1, -0.05) is 13.8 Å². The topological polar surface area (TPSA) is 41.1 Å². The maximum Gasteiger partial charge on any atom is 0.147 e. The summed E-state index contributed by atoms with van der Waals surface area (Å²) in [5.74, 6) is 1.71. The number of rotatable bonds is 4. The van der Waals surface area contributed by atoms with Crippen molar-refractivity contribution in [2.45, 2.75) is 39.3 Å². The van der Waals surface area contributed by atoms with Crippen LogP contribution in [0.25, 0.3) is 0 Å². The van der Waals surface area contributed by atoms with E-state index in [4.69, 9.17) is 0 Å². The Morgan fingerprint density at radius 3 is 2.82 bits per heavy atom. The molecule has 1 N–H and O–H groups in total. The van der Waals surface area contributed by atoms with Gasteiger partial charge in [0.2, 0.25) is 0 Å². The minimum atomic E-state index is 0.624. The van der Waals surface area contributed by atoms with Crippen LogP contribution >= 0.6 is 0 Å². The fourth-order valence-corrected chi connectivity index (χ4v) is 2.54. The van der Waals surface area contributed by atoms with Crippen molar-refractivity contribution in [3.05, 3.63) is 18.1 Å². The van der Waals surface area contributed by atoms with E-state index in [1.807, 2.05) is 19.4 Å². The molecule has 1 aromatic heterocycles. The van der Waals surface area contributed by atoms with Crippen molar-refractivity contribution in [3.8, 4) is 0 Å². The molecule has 1 aliphatic rings. The molecular formula is C13H22N4. The molecule has 0 radical (unpaired) electrons. The standard InChI is InChI=1S/C13H22N4/c1-10(2)12-5-4-6-17(12)13-9-15-11(7-14-3)8-16-13/h8-10,12,14H,4-7H2,1-3H3. The number of nitrogens with zero attached hydrogens (tertiary/aromatic N) is 3. The van der Waals surface area contributed by atoms with Crippen molar-refractivity contribution in [1.29, 1.82) is 0 Å². The third kappa shape index (κ3) is 2.75. The first kappa shape index (κ1) is 12.3. The molecule has 4 nitrogen and oxygen atoms in total. The Balaban J connectivity index is 2.11. The second kappa shape index (κ2) is 5.45. The Bertz CT molecular complexity index is 347. The summed E-state index contributed by atoms with van der Waals surface area (Å²) >= 11 is 0. The maximum atomic E-state index is 4.54. The van der Waals surface area contributed by atoms with Gasteiger partial charge in [-0.25, -0.2) is 4.98 Å². The van der Waals surface area contributed by atoms with Crippen molar-refractivity contribution in [2.24, 2.45) is 5.92 Å². The van der Waals surface area contributed by atoms with Gasteiger partial charge in [0.15, 0.2) is 0 Å². The lowest BCUT2D eigenvalue weighted by molar-refractivity contribution is 0.489. The van der Waals surface area contributed by atoms with Crippen molar-refractivity contribution < 1.29 is 0 Å². The molecule has 4 heteroatoms. The largest absolute Gasteiger partial charge is 0.352 e. The van der Waals surface area contributed by atoms with Gasteiger partial charge in [0.1, 0.15) is 5.82 Å². The van der Waals surface area contributed by atoms with Gasteiger partial charge < -0.3 is 10.2 Å². The van der Waals surface area contributed by atoms with Crippen molar-refractivity contribution in [3.63, 3.8) is 0 Å². The Morgan fingerprint density at radius 1 is 1.41 bits per heavy atom. The average molecular weight is 234 g/mol. The predicted octanol–water partition coefficient (Wildman–Crippen LogP) is 1.82. The van der Waals surface area contributed by atoms with Gasteiger partial charge >= 0.3 is 0 Å². The number of hydrogen-bond donors (Lipinski definition) is 1. The van der Waals surface area contributed by atoms with E-state index < -0.39 is 0 Å². The maximum absolute atomic E-state index is 4.54. The number of hydrogen-bond acceptors (Lipinski definition) is 4. The van der Waals surface area contributed by atoms with Crippen molar-refractivity contribution >= 4 is 5.82 Å². The van der Waals surface area contributed by atoms with Crippen LogP contribution in [-0.2, 0) is 6.54 Å². The molecule has 2 rings (SSSR count). The molecule has 17 heavy (non-hydrogen) atoms. The molecule has 0 spiro atoms. The molecule has 1 fully saturated rings. The average Bonchev–Trinajstić information content (AvgIpc) is 2.79. The van der Waals surface area contributed by atoms with Crippen LogP contribution in [0.1, 0.15) is 32.4 Å². The van der Waals surface area contributed by atoms with Crippen LogP contribution in [0.3, 0.4) is 0 Å². The van der Waals surface area contributed by atoms with Crippen molar-refractivity contribution in [1.82, 2.24) is 15.3 Å². The van der Waals surface area contributed by atoms with E-state index in [-0.39, 0.29) is 0 Å². The van der Waals surface area contributed by atoms with Crippen LogP contribution in [0.2, 0.25) is 0 Å². The zero-order chi connectivity index (χ0) is 12.3. The molecule has 1 unspecified atom stereocenters. The lowest BCUT2D eigenvalue weighted by Gasteiger charge is -2.28. The molecular weight excluding hydrogens is 212 g/mol. The van der Waals surface area contributed by atoms with Gasteiger partial charge in [0.05, 0.1) is 18.1 Å². The molecule has 1 aromatic rings. The van der Waals surface area contributed by atoms with Gasteiger partial charge in [-0.2, -0.15) is 0 Å². The summed E-state index contributed by atoms with van der Waals surface area (Å²) in [6, 6.07) is 0.624. The van der Waals surface area contributed by atoms with E-state index in [1.165, 1.54) is 12.8 Å². The molecule has 2 heterocycles. The fourth-order valence-electron chi connectivity index (χ4n) is 2.54. The molecule has 1 atom stereocenters. The second-order valence-electron chi connectivity index (χ2n) is 5.04. The highest BCUT2D eigenvalue weighted by molar-refractivity contribution is 5.39. The Hall–Kier alpha value is -1.16.